The number of nitrogens with one attached hydrogen (secondary N) is 2. The van der Waals surface area contributed by atoms with Crippen LogP contribution in [0.5, 0.6) is 0 Å². The Hall–Kier alpha value is -3.52. The molecule has 2 amide bonds. The number of Topliss-reactive ketones (excluding diaryl/α,β-unsaturated/α-hetero) is 1. The Morgan fingerprint density at radius 1 is 1.21 bits per heavy atom. The second-order valence-electron chi connectivity index (χ2n) is 9.31. The van der Waals surface area contributed by atoms with E-state index in [9.17, 15) is 19.1 Å². The first-order valence-corrected chi connectivity index (χ1v) is 11.4. The van der Waals surface area contributed by atoms with Gasteiger partial charge in [-0.25, -0.2) is 13.9 Å². The maximum Gasteiger partial charge on any atom is 0.320 e. The zero-order chi connectivity index (χ0) is 24.6. The number of fused-ring (bicyclic) bond motifs is 1. The first-order chi connectivity index (χ1) is 16.1. The molecule has 0 saturated carbocycles. The standard InChI is InChI=1S/C26H29FN4O3/c1-5-20(32)22-15(2)24(31(30-22)17-9-7-6-8-10-17)29-25(34)28-23-18-13-16(27)11-12-19(18)26(3,4)14-21(23)33/h6-13,21,23,33H,5,14H2,1-4H3,(H2,28,29,34)/t21-,23-/m1/s1. The second-order valence-corrected chi connectivity index (χ2v) is 9.31. The summed E-state index contributed by atoms with van der Waals surface area (Å²) in [7, 11) is 0. The highest BCUT2D eigenvalue weighted by atomic mass is 19.1. The average molecular weight is 465 g/mol. The molecule has 0 unspecified atom stereocenters. The van der Waals surface area contributed by atoms with Crippen molar-refractivity contribution in [3.63, 3.8) is 0 Å². The fraction of sp³-hybridized carbons (Fsp3) is 0.346. The minimum Gasteiger partial charge on any atom is -0.391 e. The van der Waals surface area contributed by atoms with Crippen molar-refractivity contribution in [2.75, 3.05) is 5.32 Å². The number of carbonyl (C=O) groups excluding carboxylic acids is 2. The second kappa shape index (κ2) is 9.02. The van der Waals surface area contributed by atoms with Gasteiger partial charge in [-0.2, -0.15) is 5.10 Å². The highest BCUT2D eigenvalue weighted by Crippen LogP contribution is 2.42. The number of aromatic nitrogens is 2. The predicted octanol–water partition coefficient (Wildman–Crippen LogP) is 4.82. The largest absolute Gasteiger partial charge is 0.391 e. The molecule has 2 aromatic carbocycles. The molecule has 7 nitrogen and oxygen atoms in total. The highest BCUT2D eigenvalue weighted by molar-refractivity contribution is 5.98. The summed E-state index contributed by atoms with van der Waals surface area (Å²) in [6.45, 7) is 7.45. The van der Waals surface area contributed by atoms with Gasteiger partial charge < -0.3 is 10.4 Å². The van der Waals surface area contributed by atoms with E-state index < -0.39 is 24.0 Å². The van der Waals surface area contributed by atoms with Crippen LogP contribution >= 0.6 is 0 Å². The van der Waals surface area contributed by atoms with Crippen LogP contribution in [-0.4, -0.2) is 32.8 Å². The van der Waals surface area contributed by atoms with Crippen LogP contribution in [-0.2, 0) is 5.41 Å². The van der Waals surface area contributed by atoms with Crippen molar-refractivity contribution in [3.05, 3.63) is 76.7 Å². The molecule has 1 aliphatic rings. The minimum absolute atomic E-state index is 0.134. The quantitative estimate of drug-likeness (QED) is 0.472. The topological polar surface area (TPSA) is 96.2 Å². The van der Waals surface area contributed by atoms with Gasteiger partial charge in [0.1, 0.15) is 17.3 Å². The van der Waals surface area contributed by atoms with Crippen LogP contribution in [0.3, 0.4) is 0 Å². The number of nitrogens with zero attached hydrogens (tertiary/aromatic N) is 2. The van der Waals surface area contributed by atoms with E-state index in [-0.39, 0.29) is 23.3 Å². The van der Waals surface area contributed by atoms with Crippen LogP contribution in [0.15, 0.2) is 48.5 Å². The Morgan fingerprint density at radius 3 is 2.59 bits per heavy atom. The molecule has 1 aliphatic carbocycles. The number of ketones is 1. The maximum absolute atomic E-state index is 14.1. The number of urea groups is 1. The third-order valence-electron chi connectivity index (χ3n) is 6.41. The van der Waals surface area contributed by atoms with E-state index in [1.54, 1.807) is 19.9 Å². The van der Waals surface area contributed by atoms with Gasteiger partial charge in [0.15, 0.2) is 5.78 Å². The molecule has 8 heteroatoms. The number of hydrogen-bond acceptors (Lipinski definition) is 4. The Labute approximate surface area is 198 Å². The number of aliphatic hydroxyl groups excluding tert-OH is 1. The summed E-state index contributed by atoms with van der Waals surface area (Å²) in [5, 5.41) is 20.9. The number of amides is 2. The third kappa shape index (κ3) is 4.33. The van der Waals surface area contributed by atoms with E-state index in [2.05, 4.69) is 15.7 Å². The van der Waals surface area contributed by atoms with Gasteiger partial charge in [-0.15, -0.1) is 0 Å². The van der Waals surface area contributed by atoms with Crippen LogP contribution in [0.1, 0.15) is 66.8 Å². The summed E-state index contributed by atoms with van der Waals surface area (Å²) in [4.78, 5) is 25.5. The van der Waals surface area contributed by atoms with Crippen LogP contribution in [0.25, 0.3) is 5.69 Å². The number of halogens is 1. The Kier molecular flexibility index (Phi) is 6.27. The Balaban J connectivity index is 1.67. The van der Waals surface area contributed by atoms with E-state index in [0.29, 0.717) is 29.1 Å². The van der Waals surface area contributed by atoms with Gasteiger partial charge in [-0.1, -0.05) is 45.0 Å². The molecule has 2 atom stereocenters. The number of carbonyl (C=O) groups is 2. The van der Waals surface area contributed by atoms with Gasteiger partial charge in [-0.3, -0.25) is 10.1 Å². The van der Waals surface area contributed by atoms with Crippen molar-refractivity contribution >= 4 is 17.6 Å². The van der Waals surface area contributed by atoms with Crippen LogP contribution < -0.4 is 10.6 Å². The van der Waals surface area contributed by atoms with Gasteiger partial charge in [0.25, 0.3) is 0 Å². The van der Waals surface area contributed by atoms with Crippen molar-refractivity contribution in [2.45, 2.75) is 58.1 Å². The molecule has 0 bridgehead atoms. The van der Waals surface area contributed by atoms with Crippen molar-refractivity contribution in [1.82, 2.24) is 15.1 Å². The van der Waals surface area contributed by atoms with Gasteiger partial charge in [0.05, 0.1) is 17.8 Å². The molecule has 34 heavy (non-hydrogen) atoms. The SMILES string of the molecule is CCC(=O)c1nn(-c2ccccc2)c(NC(=O)N[C@@H]2c3cc(F)ccc3C(C)(C)C[C@H]2O)c1C. The summed E-state index contributed by atoms with van der Waals surface area (Å²) in [5.41, 5.74) is 2.58. The monoisotopic (exact) mass is 464 g/mol. The fourth-order valence-electron chi connectivity index (χ4n) is 4.66. The molecular weight excluding hydrogens is 435 g/mol. The van der Waals surface area contributed by atoms with Gasteiger partial charge in [0.2, 0.25) is 0 Å². The van der Waals surface area contributed by atoms with E-state index >= 15 is 0 Å². The van der Waals surface area contributed by atoms with E-state index in [4.69, 9.17) is 0 Å². The number of anilines is 1. The maximum atomic E-state index is 14.1. The van der Waals surface area contributed by atoms with E-state index in [1.165, 1.54) is 16.8 Å². The average Bonchev–Trinajstić information content (AvgIpc) is 3.12. The minimum atomic E-state index is -0.896. The first-order valence-electron chi connectivity index (χ1n) is 11.4. The molecule has 0 fully saturated rings. The summed E-state index contributed by atoms with van der Waals surface area (Å²) >= 11 is 0. The van der Waals surface area contributed by atoms with E-state index in [1.807, 2.05) is 44.2 Å². The molecule has 3 N–H and O–H groups in total. The van der Waals surface area contributed by atoms with Crippen LogP contribution in [0.2, 0.25) is 0 Å². The molecule has 1 heterocycles. The highest BCUT2D eigenvalue weighted by Gasteiger charge is 2.39. The summed E-state index contributed by atoms with van der Waals surface area (Å²) in [5.74, 6) is -0.216. The molecule has 4 rings (SSSR count). The third-order valence-corrected chi connectivity index (χ3v) is 6.41. The van der Waals surface area contributed by atoms with Gasteiger partial charge in [0, 0.05) is 12.0 Å². The lowest BCUT2D eigenvalue weighted by atomic mass is 9.69. The summed E-state index contributed by atoms with van der Waals surface area (Å²) in [6.07, 6.45) is -0.204. The lowest BCUT2D eigenvalue weighted by molar-refractivity contribution is 0.0881. The van der Waals surface area contributed by atoms with Crippen molar-refractivity contribution in [1.29, 1.82) is 0 Å². The molecule has 178 valence electrons. The van der Waals surface area contributed by atoms with Crippen LogP contribution in [0.4, 0.5) is 15.0 Å². The zero-order valence-electron chi connectivity index (χ0n) is 19.7. The van der Waals surface area contributed by atoms with Crippen molar-refractivity contribution in [3.8, 4) is 5.69 Å². The molecule has 0 spiro atoms. The van der Waals surface area contributed by atoms with Gasteiger partial charge >= 0.3 is 6.03 Å². The Morgan fingerprint density at radius 2 is 1.91 bits per heavy atom. The fourth-order valence-corrected chi connectivity index (χ4v) is 4.66. The van der Waals surface area contributed by atoms with E-state index in [0.717, 1.165) is 5.56 Å². The molecule has 0 radical (unpaired) electrons. The summed E-state index contributed by atoms with van der Waals surface area (Å²) < 4.78 is 15.6. The number of para-hydroxylation sites is 1. The van der Waals surface area contributed by atoms with Crippen molar-refractivity contribution in [2.24, 2.45) is 0 Å². The zero-order valence-corrected chi connectivity index (χ0v) is 19.7. The number of rotatable bonds is 5. The molecule has 3 aromatic rings. The predicted molar refractivity (Wildman–Crippen MR) is 128 cm³/mol. The molecule has 1 aromatic heterocycles. The summed E-state index contributed by atoms with van der Waals surface area (Å²) in [6, 6.07) is 12.3. The lowest BCUT2D eigenvalue weighted by Crippen LogP contribution is -2.45. The smallest absolute Gasteiger partial charge is 0.320 e. The Bertz CT molecular complexity index is 1240. The molecule has 0 saturated heterocycles. The van der Waals surface area contributed by atoms with Crippen LogP contribution in [0, 0.1) is 12.7 Å². The lowest BCUT2D eigenvalue weighted by Gasteiger charge is -2.40. The normalized spacial score (nSPS) is 18.8. The molecule has 0 aliphatic heterocycles. The number of aliphatic hydroxyl groups is 1. The number of benzene rings is 2. The van der Waals surface area contributed by atoms with Gasteiger partial charge in [-0.05, 0) is 54.2 Å². The van der Waals surface area contributed by atoms with Crippen molar-refractivity contribution < 1.29 is 19.1 Å². The number of hydrogen-bond donors (Lipinski definition) is 3. The first kappa shape index (κ1) is 23.6. The molecular formula is C26H29FN4O3.